The summed E-state index contributed by atoms with van der Waals surface area (Å²) >= 11 is 21.2. The molecule has 5 rings (SSSR count). The SMILES string of the molecule is Fc1ccc(Br)c(N(c2ccccc2)c2cc(N(c3ccccc3)c3ccc(Cl)cc3Br)c(Br)cc2Br)c1. The fourth-order valence-electron chi connectivity index (χ4n) is 4.16. The van der Waals surface area contributed by atoms with Crippen LogP contribution in [0, 0.1) is 5.82 Å². The van der Waals surface area contributed by atoms with Gasteiger partial charge in [-0.05, 0) is 137 Å². The maximum Gasteiger partial charge on any atom is 0.125 e. The molecular formula is C30H18Br4ClFN2. The topological polar surface area (TPSA) is 6.48 Å². The normalized spacial score (nSPS) is 10.9. The summed E-state index contributed by atoms with van der Waals surface area (Å²) in [7, 11) is 0. The van der Waals surface area contributed by atoms with Crippen LogP contribution in [0.25, 0.3) is 0 Å². The predicted molar refractivity (Wildman–Crippen MR) is 172 cm³/mol. The number of anilines is 6. The number of hydrogen-bond donors (Lipinski definition) is 0. The largest absolute Gasteiger partial charge is 0.308 e. The van der Waals surface area contributed by atoms with E-state index in [9.17, 15) is 4.39 Å². The monoisotopic (exact) mass is 776 g/mol. The van der Waals surface area contributed by atoms with E-state index in [-0.39, 0.29) is 5.82 Å². The fraction of sp³-hybridized carbons (Fsp3) is 0. The van der Waals surface area contributed by atoms with Gasteiger partial charge in [-0.1, -0.05) is 48.0 Å². The molecule has 0 bridgehead atoms. The van der Waals surface area contributed by atoms with Crippen molar-refractivity contribution in [1.29, 1.82) is 0 Å². The van der Waals surface area contributed by atoms with E-state index in [2.05, 4.69) is 74.7 Å². The number of benzene rings is 5. The second-order valence-corrected chi connectivity index (χ2v) is 12.1. The lowest BCUT2D eigenvalue weighted by atomic mass is 10.1. The molecule has 0 fully saturated rings. The Balaban J connectivity index is 1.78. The van der Waals surface area contributed by atoms with E-state index < -0.39 is 0 Å². The van der Waals surface area contributed by atoms with Crippen LogP contribution in [0.1, 0.15) is 0 Å². The van der Waals surface area contributed by atoms with Crippen LogP contribution in [0.3, 0.4) is 0 Å². The Morgan fingerprint density at radius 1 is 0.474 bits per heavy atom. The number of hydrogen-bond acceptors (Lipinski definition) is 2. The summed E-state index contributed by atoms with van der Waals surface area (Å²) in [5.74, 6) is -0.325. The van der Waals surface area contributed by atoms with Crippen molar-refractivity contribution in [2.24, 2.45) is 0 Å². The van der Waals surface area contributed by atoms with Crippen LogP contribution in [-0.2, 0) is 0 Å². The highest BCUT2D eigenvalue weighted by atomic mass is 79.9. The van der Waals surface area contributed by atoms with Gasteiger partial charge in [0.25, 0.3) is 0 Å². The first-order chi connectivity index (χ1) is 18.3. The molecule has 5 aromatic carbocycles. The van der Waals surface area contributed by atoms with Gasteiger partial charge in [0.2, 0.25) is 0 Å². The number of halogens is 6. The summed E-state index contributed by atoms with van der Waals surface area (Å²) in [6.07, 6.45) is 0. The van der Waals surface area contributed by atoms with E-state index in [0.29, 0.717) is 10.7 Å². The van der Waals surface area contributed by atoms with E-state index in [1.807, 2.05) is 89.8 Å². The molecule has 2 nitrogen and oxygen atoms in total. The third-order valence-electron chi connectivity index (χ3n) is 5.83. The molecule has 0 aliphatic carbocycles. The van der Waals surface area contributed by atoms with Crippen LogP contribution in [-0.4, -0.2) is 0 Å². The quantitative estimate of drug-likeness (QED) is 0.169. The van der Waals surface area contributed by atoms with E-state index in [1.54, 1.807) is 6.07 Å². The average molecular weight is 781 g/mol. The molecule has 0 saturated carbocycles. The van der Waals surface area contributed by atoms with E-state index >= 15 is 0 Å². The summed E-state index contributed by atoms with van der Waals surface area (Å²) in [5, 5.41) is 0.635. The smallest absolute Gasteiger partial charge is 0.125 e. The Labute approximate surface area is 259 Å². The van der Waals surface area contributed by atoms with E-state index in [4.69, 9.17) is 11.6 Å². The molecule has 190 valence electrons. The molecule has 0 atom stereocenters. The Kier molecular flexibility index (Phi) is 8.60. The maximum atomic E-state index is 14.5. The molecule has 0 radical (unpaired) electrons. The van der Waals surface area contributed by atoms with Gasteiger partial charge in [0.15, 0.2) is 0 Å². The van der Waals surface area contributed by atoms with Gasteiger partial charge >= 0.3 is 0 Å². The number of nitrogens with zero attached hydrogens (tertiary/aromatic N) is 2. The van der Waals surface area contributed by atoms with Crippen molar-refractivity contribution in [2.75, 3.05) is 9.80 Å². The molecule has 0 amide bonds. The van der Waals surface area contributed by atoms with Crippen molar-refractivity contribution in [3.05, 3.63) is 138 Å². The Morgan fingerprint density at radius 3 is 1.53 bits per heavy atom. The average Bonchev–Trinajstić information content (AvgIpc) is 2.91. The molecular weight excluding hydrogens is 762 g/mol. The highest BCUT2D eigenvalue weighted by molar-refractivity contribution is 9.11. The minimum atomic E-state index is -0.325. The van der Waals surface area contributed by atoms with Crippen LogP contribution in [0.5, 0.6) is 0 Å². The molecule has 0 saturated heterocycles. The van der Waals surface area contributed by atoms with Gasteiger partial charge in [0.1, 0.15) is 5.82 Å². The molecule has 0 aliphatic heterocycles. The zero-order valence-electron chi connectivity index (χ0n) is 19.6. The number of para-hydroxylation sites is 2. The minimum absolute atomic E-state index is 0.325. The Hall–Kier alpha value is -2.16. The summed E-state index contributed by atoms with van der Waals surface area (Å²) in [5.41, 5.74) is 5.13. The molecule has 0 aliphatic rings. The second kappa shape index (κ2) is 11.9. The first kappa shape index (κ1) is 27.4. The highest BCUT2D eigenvalue weighted by Crippen LogP contribution is 2.49. The highest BCUT2D eigenvalue weighted by Gasteiger charge is 2.24. The maximum absolute atomic E-state index is 14.5. The molecule has 5 aromatic rings. The molecule has 0 unspecified atom stereocenters. The van der Waals surface area contributed by atoms with E-state index in [1.165, 1.54) is 12.1 Å². The van der Waals surface area contributed by atoms with Gasteiger partial charge in [-0.3, -0.25) is 0 Å². The van der Waals surface area contributed by atoms with Crippen LogP contribution in [0.2, 0.25) is 5.02 Å². The lowest BCUT2D eigenvalue weighted by Gasteiger charge is -2.31. The lowest BCUT2D eigenvalue weighted by Crippen LogP contribution is -2.15. The molecule has 0 aromatic heterocycles. The van der Waals surface area contributed by atoms with Gasteiger partial charge in [-0.25, -0.2) is 4.39 Å². The third kappa shape index (κ3) is 5.73. The Bertz CT molecular complexity index is 1600. The first-order valence-electron chi connectivity index (χ1n) is 11.4. The van der Waals surface area contributed by atoms with Gasteiger partial charge in [-0.15, -0.1) is 0 Å². The predicted octanol–water partition coefficient (Wildman–Crippen LogP) is 12.5. The van der Waals surface area contributed by atoms with Gasteiger partial charge in [0.05, 0.1) is 22.7 Å². The van der Waals surface area contributed by atoms with Gasteiger partial charge < -0.3 is 9.80 Å². The zero-order chi connectivity index (χ0) is 26.8. The van der Waals surface area contributed by atoms with Crippen molar-refractivity contribution in [2.45, 2.75) is 0 Å². The van der Waals surface area contributed by atoms with Gasteiger partial charge in [-0.2, -0.15) is 0 Å². The summed E-state index contributed by atoms with van der Waals surface area (Å²) in [6, 6.07) is 34.4. The summed E-state index contributed by atoms with van der Waals surface area (Å²) < 4.78 is 17.8. The van der Waals surface area contributed by atoms with Crippen LogP contribution < -0.4 is 9.80 Å². The molecule has 0 spiro atoms. The van der Waals surface area contributed by atoms with Crippen molar-refractivity contribution >= 4 is 109 Å². The second-order valence-electron chi connectivity index (χ2n) is 8.29. The Morgan fingerprint density at radius 2 is 0.974 bits per heavy atom. The minimum Gasteiger partial charge on any atom is -0.308 e. The van der Waals surface area contributed by atoms with Crippen molar-refractivity contribution in [1.82, 2.24) is 0 Å². The first-order valence-corrected chi connectivity index (χ1v) is 15.0. The number of rotatable bonds is 6. The molecule has 0 N–H and O–H groups in total. The third-order valence-corrected chi connectivity index (χ3v) is 8.64. The molecule has 38 heavy (non-hydrogen) atoms. The summed E-state index contributed by atoms with van der Waals surface area (Å²) in [6.45, 7) is 0. The molecule has 0 heterocycles. The zero-order valence-corrected chi connectivity index (χ0v) is 26.7. The molecule has 8 heteroatoms. The fourth-order valence-corrected chi connectivity index (χ4v) is 6.79. The van der Waals surface area contributed by atoms with Crippen LogP contribution in [0.4, 0.5) is 38.5 Å². The lowest BCUT2D eigenvalue weighted by molar-refractivity contribution is 0.627. The van der Waals surface area contributed by atoms with Gasteiger partial charge in [0, 0.05) is 34.3 Å². The standard InChI is InChI=1S/C30H18Br4ClFN2/c31-23-13-12-20(36)16-28(23)38(22-9-5-2-6-10-22)30-18-29(25(33)17-26(30)34)37(21-7-3-1-4-8-21)27-14-11-19(35)15-24(27)32/h1-18H. The van der Waals surface area contributed by atoms with Crippen LogP contribution >= 0.6 is 75.3 Å². The van der Waals surface area contributed by atoms with Crippen molar-refractivity contribution in [3.63, 3.8) is 0 Å². The summed E-state index contributed by atoms with van der Waals surface area (Å²) in [4.78, 5) is 4.16. The van der Waals surface area contributed by atoms with E-state index in [0.717, 1.165) is 46.3 Å². The van der Waals surface area contributed by atoms with Crippen molar-refractivity contribution in [3.8, 4) is 0 Å². The van der Waals surface area contributed by atoms with Crippen molar-refractivity contribution < 1.29 is 4.39 Å². The van der Waals surface area contributed by atoms with Crippen LogP contribution in [0.15, 0.2) is 127 Å².